The molecule has 8 heteroatoms. The van der Waals surface area contributed by atoms with Crippen molar-refractivity contribution in [2.24, 2.45) is 5.10 Å². The zero-order valence-electron chi connectivity index (χ0n) is 15.6. The second kappa shape index (κ2) is 11.3. The molecule has 2 N–H and O–H groups in total. The molecule has 0 fully saturated rings. The second-order valence-electron chi connectivity index (χ2n) is 5.56. The van der Waals surface area contributed by atoms with Crippen LogP contribution in [0.1, 0.15) is 5.56 Å². The molecule has 0 unspecified atom stereocenters. The van der Waals surface area contributed by atoms with Gasteiger partial charge in [-0.15, -0.1) is 0 Å². The zero-order chi connectivity index (χ0) is 21.1. The van der Waals surface area contributed by atoms with Crippen LogP contribution in [0.4, 0.5) is 5.69 Å². The summed E-state index contributed by atoms with van der Waals surface area (Å²) >= 11 is 5.97. The molecular weight excluding hydrogens is 394 g/mol. The van der Waals surface area contributed by atoms with Gasteiger partial charge in [0.15, 0.2) is 0 Å². The van der Waals surface area contributed by atoms with Crippen LogP contribution < -0.4 is 20.2 Å². The fourth-order valence-electron chi connectivity index (χ4n) is 2.09. The van der Waals surface area contributed by atoms with Crippen LogP contribution in [0.3, 0.4) is 0 Å². The summed E-state index contributed by atoms with van der Waals surface area (Å²) in [6, 6.07) is 11.5. The molecule has 0 atom stereocenters. The van der Waals surface area contributed by atoms with Crippen molar-refractivity contribution in [1.29, 1.82) is 0 Å². The number of carbonyl (C=O) groups excluding carboxylic acids is 2. The largest absolute Gasteiger partial charge is 0.490 e. The minimum absolute atomic E-state index is 0.300. The van der Waals surface area contributed by atoms with E-state index in [2.05, 4.69) is 29.0 Å². The predicted octanol–water partition coefficient (Wildman–Crippen LogP) is 3.56. The SMILES string of the molecule is C=CCOc1ccc(NC(=O)C(=O)N/N=C\c2cc(Cl)ccc2OCC=C)cc1. The summed E-state index contributed by atoms with van der Waals surface area (Å²) in [5.74, 6) is -0.664. The first kappa shape index (κ1) is 21.7. The number of benzene rings is 2. The van der Waals surface area contributed by atoms with Crippen LogP contribution in [0.2, 0.25) is 5.02 Å². The molecule has 0 aromatic heterocycles. The maximum atomic E-state index is 12.0. The quantitative estimate of drug-likeness (QED) is 0.285. The van der Waals surface area contributed by atoms with Gasteiger partial charge < -0.3 is 14.8 Å². The molecule has 2 aromatic rings. The minimum Gasteiger partial charge on any atom is -0.490 e. The highest BCUT2D eigenvalue weighted by atomic mass is 35.5. The number of anilines is 1. The highest BCUT2D eigenvalue weighted by Gasteiger charge is 2.13. The second-order valence-corrected chi connectivity index (χ2v) is 6.00. The van der Waals surface area contributed by atoms with Gasteiger partial charge in [0.25, 0.3) is 0 Å². The standard InChI is InChI=1S/C21H20ClN3O4/c1-3-11-28-18-8-6-17(7-9-18)24-20(26)21(27)25-23-14-15-13-16(22)5-10-19(15)29-12-4-2/h3-10,13-14H,1-2,11-12H2,(H,24,26)(H,25,27)/b23-14-. The Hall–Kier alpha value is -3.58. The monoisotopic (exact) mass is 413 g/mol. The lowest BCUT2D eigenvalue weighted by Gasteiger charge is -2.07. The van der Waals surface area contributed by atoms with Gasteiger partial charge in [0.2, 0.25) is 0 Å². The predicted molar refractivity (Wildman–Crippen MR) is 114 cm³/mol. The normalized spacial score (nSPS) is 10.2. The molecule has 0 saturated carbocycles. The molecule has 0 radical (unpaired) electrons. The molecule has 0 saturated heterocycles. The molecule has 29 heavy (non-hydrogen) atoms. The van der Waals surface area contributed by atoms with Gasteiger partial charge in [-0.2, -0.15) is 5.10 Å². The molecule has 7 nitrogen and oxygen atoms in total. The molecule has 0 heterocycles. The summed E-state index contributed by atoms with van der Waals surface area (Å²) < 4.78 is 10.8. The lowest BCUT2D eigenvalue weighted by atomic mass is 10.2. The van der Waals surface area contributed by atoms with Gasteiger partial charge in [-0.1, -0.05) is 36.9 Å². The van der Waals surface area contributed by atoms with Crippen LogP contribution >= 0.6 is 11.6 Å². The highest BCUT2D eigenvalue weighted by Crippen LogP contribution is 2.21. The number of hydrogen-bond acceptors (Lipinski definition) is 5. The summed E-state index contributed by atoms with van der Waals surface area (Å²) in [5.41, 5.74) is 3.13. The fourth-order valence-corrected chi connectivity index (χ4v) is 2.27. The molecule has 0 aliphatic heterocycles. The third-order valence-electron chi connectivity index (χ3n) is 3.38. The number of hydrogen-bond donors (Lipinski definition) is 2. The maximum Gasteiger partial charge on any atom is 0.329 e. The molecule has 2 amide bonds. The minimum atomic E-state index is -0.927. The molecule has 2 rings (SSSR count). The summed E-state index contributed by atoms with van der Waals surface area (Å²) in [5, 5.41) is 6.72. The van der Waals surface area contributed by atoms with Crippen LogP contribution in [-0.2, 0) is 9.59 Å². The van der Waals surface area contributed by atoms with E-state index in [4.69, 9.17) is 21.1 Å². The molecule has 0 aliphatic carbocycles. The van der Waals surface area contributed by atoms with E-state index >= 15 is 0 Å². The van der Waals surface area contributed by atoms with E-state index in [9.17, 15) is 9.59 Å². The average molecular weight is 414 g/mol. The van der Waals surface area contributed by atoms with E-state index in [0.29, 0.717) is 41.0 Å². The number of carbonyl (C=O) groups is 2. The van der Waals surface area contributed by atoms with E-state index in [-0.39, 0.29) is 0 Å². The Kier molecular flexibility index (Phi) is 8.47. The van der Waals surface area contributed by atoms with Crippen molar-refractivity contribution in [3.05, 3.63) is 78.4 Å². The van der Waals surface area contributed by atoms with E-state index < -0.39 is 11.8 Å². The van der Waals surface area contributed by atoms with Crippen LogP contribution in [0.15, 0.2) is 72.9 Å². The van der Waals surface area contributed by atoms with Crippen LogP contribution in [-0.4, -0.2) is 31.2 Å². The topological polar surface area (TPSA) is 89.0 Å². The van der Waals surface area contributed by atoms with E-state index in [1.807, 2.05) is 0 Å². The van der Waals surface area contributed by atoms with E-state index in [0.717, 1.165) is 0 Å². The summed E-state index contributed by atoms with van der Waals surface area (Å²) in [4.78, 5) is 23.9. The van der Waals surface area contributed by atoms with Gasteiger partial charge in [-0.05, 0) is 42.5 Å². The Bertz CT molecular complexity index is 911. The zero-order valence-corrected chi connectivity index (χ0v) is 16.3. The number of nitrogens with zero attached hydrogens (tertiary/aromatic N) is 1. The fraction of sp³-hybridized carbons (Fsp3) is 0.0952. The van der Waals surface area contributed by atoms with Gasteiger partial charge in [0.05, 0.1) is 6.21 Å². The summed E-state index contributed by atoms with van der Waals surface area (Å²) in [6.07, 6.45) is 4.56. The summed E-state index contributed by atoms with van der Waals surface area (Å²) in [6.45, 7) is 7.82. The number of halogens is 1. The third-order valence-corrected chi connectivity index (χ3v) is 3.62. The maximum absolute atomic E-state index is 12.0. The van der Waals surface area contributed by atoms with Crippen molar-refractivity contribution in [3.63, 3.8) is 0 Å². The van der Waals surface area contributed by atoms with Crippen LogP contribution in [0, 0.1) is 0 Å². The Morgan fingerprint density at radius 3 is 2.38 bits per heavy atom. The van der Waals surface area contributed by atoms with Gasteiger partial charge in [-0.25, -0.2) is 5.43 Å². The van der Waals surface area contributed by atoms with Crippen molar-refractivity contribution in [2.75, 3.05) is 18.5 Å². The lowest BCUT2D eigenvalue weighted by Crippen LogP contribution is -2.32. The number of hydrazone groups is 1. The van der Waals surface area contributed by atoms with Crippen molar-refractivity contribution in [3.8, 4) is 11.5 Å². The Balaban J connectivity index is 1.93. The molecule has 0 bridgehead atoms. The molecule has 0 spiro atoms. The molecule has 150 valence electrons. The number of amides is 2. The first-order valence-electron chi connectivity index (χ1n) is 8.55. The first-order valence-corrected chi connectivity index (χ1v) is 8.92. The smallest absolute Gasteiger partial charge is 0.329 e. The number of rotatable bonds is 9. The highest BCUT2D eigenvalue weighted by molar-refractivity contribution is 6.39. The van der Waals surface area contributed by atoms with Gasteiger partial charge in [-0.3, -0.25) is 9.59 Å². The third kappa shape index (κ3) is 7.15. The van der Waals surface area contributed by atoms with Gasteiger partial charge in [0.1, 0.15) is 24.7 Å². The van der Waals surface area contributed by atoms with Crippen molar-refractivity contribution in [2.45, 2.75) is 0 Å². The van der Waals surface area contributed by atoms with E-state index in [1.165, 1.54) is 6.21 Å². The first-order chi connectivity index (χ1) is 14.0. The Morgan fingerprint density at radius 1 is 1.00 bits per heavy atom. The molecular formula is C21H20ClN3O4. The van der Waals surface area contributed by atoms with Crippen LogP contribution in [0.25, 0.3) is 0 Å². The molecule has 0 aliphatic rings. The lowest BCUT2D eigenvalue weighted by molar-refractivity contribution is -0.136. The average Bonchev–Trinajstić information content (AvgIpc) is 2.72. The number of ether oxygens (including phenoxy) is 2. The van der Waals surface area contributed by atoms with Gasteiger partial charge >= 0.3 is 11.8 Å². The van der Waals surface area contributed by atoms with Gasteiger partial charge in [0, 0.05) is 16.3 Å². The molecule has 2 aromatic carbocycles. The van der Waals surface area contributed by atoms with Crippen molar-refractivity contribution < 1.29 is 19.1 Å². The van der Waals surface area contributed by atoms with Crippen LogP contribution in [0.5, 0.6) is 11.5 Å². The van der Waals surface area contributed by atoms with E-state index in [1.54, 1.807) is 54.6 Å². The summed E-state index contributed by atoms with van der Waals surface area (Å²) in [7, 11) is 0. The number of nitrogens with one attached hydrogen (secondary N) is 2. The Morgan fingerprint density at radius 2 is 1.69 bits per heavy atom. The van der Waals surface area contributed by atoms with Crippen molar-refractivity contribution >= 4 is 35.3 Å². The Labute approximate surface area is 173 Å². The van der Waals surface area contributed by atoms with Crippen molar-refractivity contribution in [1.82, 2.24) is 5.43 Å².